The highest BCUT2D eigenvalue weighted by atomic mass is 32.2. The third-order valence-electron chi connectivity index (χ3n) is 2.44. The number of carbonyl (C=O) groups is 1. The fraction of sp³-hybridized carbons (Fsp3) is 0.0833. The van der Waals surface area contributed by atoms with E-state index in [0.29, 0.717) is 11.1 Å². The minimum absolute atomic E-state index is 0.329. The topological polar surface area (TPSA) is 60.4 Å². The molecule has 1 aromatic rings. The first-order valence-electron chi connectivity index (χ1n) is 4.97. The second kappa shape index (κ2) is 4.38. The van der Waals surface area contributed by atoms with Gasteiger partial charge in [0.25, 0.3) is 0 Å². The average Bonchev–Trinajstić information content (AvgIpc) is 2.65. The molecule has 0 saturated carbocycles. The molecule has 1 aliphatic heterocycles. The third kappa shape index (κ3) is 2.19. The maximum absolute atomic E-state index is 12.8. The van der Waals surface area contributed by atoms with Crippen LogP contribution in [0.25, 0.3) is 5.57 Å². The summed E-state index contributed by atoms with van der Waals surface area (Å²) < 4.78 is 40.5. The molecule has 0 unspecified atom stereocenters. The zero-order valence-corrected chi connectivity index (χ0v) is 10.2. The molecule has 1 aliphatic rings. The minimum Gasteiger partial charge on any atom is -0.465 e. The number of hydrogen-bond acceptors (Lipinski definition) is 4. The largest absolute Gasteiger partial charge is 0.465 e. The first-order chi connectivity index (χ1) is 8.44. The van der Waals surface area contributed by atoms with Crippen LogP contribution in [0.2, 0.25) is 0 Å². The molecule has 0 saturated heterocycles. The smallest absolute Gasteiger partial charge is 0.349 e. The molecule has 18 heavy (non-hydrogen) atoms. The van der Waals surface area contributed by atoms with Gasteiger partial charge in [-0.05, 0) is 29.3 Å². The van der Waals surface area contributed by atoms with E-state index < -0.39 is 26.5 Å². The van der Waals surface area contributed by atoms with Gasteiger partial charge in [0.2, 0.25) is 9.84 Å². The molecule has 94 valence electrons. The molecule has 0 N–H and O–H groups in total. The monoisotopic (exact) mass is 268 g/mol. The Balaban J connectivity index is 2.46. The van der Waals surface area contributed by atoms with Crippen molar-refractivity contribution in [3.05, 3.63) is 52.0 Å². The van der Waals surface area contributed by atoms with Gasteiger partial charge < -0.3 is 4.74 Å². The van der Waals surface area contributed by atoms with E-state index >= 15 is 0 Å². The van der Waals surface area contributed by atoms with E-state index in [2.05, 4.69) is 4.74 Å². The Morgan fingerprint density at radius 3 is 2.39 bits per heavy atom. The van der Waals surface area contributed by atoms with Crippen molar-refractivity contribution in [3.8, 4) is 0 Å². The van der Waals surface area contributed by atoms with E-state index in [1.165, 1.54) is 30.3 Å². The summed E-state index contributed by atoms with van der Waals surface area (Å²) in [5.74, 6) is -1.33. The van der Waals surface area contributed by atoms with Crippen LogP contribution in [0.3, 0.4) is 0 Å². The van der Waals surface area contributed by atoms with Gasteiger partial charge in [0, 0.05) is 5.41 Å². The number of hydrogen-bond donors (Lipinski definition) is 0. The van der Waals surface area contributed by atoms with Crippen molar-refractivity contribution in [2.75, 3.05) is 7.11 Å². The third-order valence-corrected chi connectivity index (χ3v) is 3.90. The summed E-state index contributed by atoms with van der Waals surface area (Å²) in [6, 6.07) is 5.31. The van der Waals surface area contributed by atoms with Crippen molar-refractivity contribution >= 4 is 21.4 Å². The molecule has 1 heterocycles. The van der Waals surface area contributed by atoms with Gasteiger partial charge in [-0.25, -0.2) is 17.6 Å². The van der Waals surface area contributed by atoms with Crippen molar-refractivity contribution in [1.29, 1.82) is 0 Å². The number of sulfone groups is 1. The first kappa shape index (κ1) is 12.5. The molecule has 0 aliphatic carbocycles. The summed E-state index contributed by atoms with van der Waals surface area (Å²) in [5, 5.41) is 0.965. The van der Waals surface area contributed by atoms with Crippen LogP contribution in [0.5, 0.6) is 0 Å². The second-order valence-corrected chi connectivity index (χ2v) is 5.39. The van der Waals surface area contributed by atoms with Crippen LogP contribution in [0, 0.1) is 5.82 Å². The Bertz CT molecular complexity index is 654. The number of methoxy groups -OCH3 is 1. The first-order valence-corrected chi connectivity index (χ1v) is 6.51. The van der Waals surface area contributed by atoms with Crippen LogP contribution in [0.4, 0.5) is 4.39 Å². The fourth-order valence-electron chi connectivity index (χ4n) is 1.56. The zero-order chi connectivity index (χ0) is 13.3. The Hall–Kier alpha value is -1.95. The van der Waals surface area contributed by atoms with Gasteiger partial charge in [-0.3, -0.25) is 0 Å². The lowest BCUT2D eigenvalue weighted by atomic mass is 10.1. The highest BCUT2D eigenvalue weighted by molar-refractivity contribution is 7.99. The van der Waals surface area contributed by atoms with E-state index in [9.17, 15) is 17.6 Å². The van der Waals surface area contributed by atoms with Crippen molar-refractivity contribution in [1.82, 2.24) is 0 Å². The summed E-state index contributed by atoms with van der Waals surface area (Å²) in [4.78, 5) is 10.9. The molecular weight excluding hydrogens is 259 g/mol. The van der Waals surface area contributed by atoms with Gasteiger partial charge in [-0.2, -0.15) is 0 Å². The number of carbonyl (C=O) groups excluding carboxylic acids is 1. The van der Waals surface area contributed by atoms with Crippen LogP contribution >= 0.6 is 0 Å². The van der Waals surface area contributed by atoms with Gasteiger partial charge in [0.15, 0.2) is 4.91 Å². The molecule has 0 amide bonds. The lowest BCUT2D eigenvalue weighted by molar-refractivity contribution is -0.135. The number of halogens is 1. The molecule has 0 bridgehead atoms. The van der Waals surface area contributed by atoms with Crippen LogP contribution in [-0.2, 0) is 19.4 Å². The molecule has 0 radical (unpaired) electrons. The van der Waals surface area contributed by atoms with Crippen LogP contribution in [0.15, 0.2) is 40.7 Å². The lowest BCUT2D eigenvalue weighted by Crippen LogP contribution is -2.10. The Morgan fingerprint density at radius 1 is 1.22 bits per heavy atom. The number of ether oxygens (including phenoxy) is 1. The maximum Gasteiger partial charge on any atom is 0.349 e. The summed E-state index contributed by atoms with van der Waals surface area (Å²) in [5.41, 5.74) is 0.842. The number of allylic oxidation sites excluding steroid dienone is 2. The summed E-state index contributed by atoms with van der Waals surface area (Å²) in [7, 11) is -2.67. The predicted octanol–water partition coefficient (Wildman–Crippen LogP) is 1.65. The zero-order valence-electron chi connectivity index (χ0n) is 9.38. The molecule has 4 nitrogen and oxygen atoms in total. The number of benzene rings is 1. The Labute approximate surface area is 103 Å². The molecule has 0 spiro atoms. The minimum atomic E-state index is -3.78. The number of esters is 1. The standard InChI is InChI=1S/C12H9FO4S/c1-17-12(14)11-6-9(7-18(11,15)16)8-2-4-10(13)5-3-8/h2-7H,1H3. The van der Waals surface area contributed by atoms with Crippen molar-refractivity contribution in [2.45, 2.75) is 0 Å². The summed E-state index contributed by atoms with van der Waals surface area (Å²) in [6.45, 7) is 0. The Kier molecular flexibility index (Phi) is 3.04. The SMILES string of the molecule is COC(=O)C1=CC(c2ccc(F)cc2)=CS1(=O)=O. The quantitative estimate of drug-likeness (QED) is 0.765. The van der Waals surface area contributed by atoms with E-state index in [-0.39, 0.29) is 0 Å². The maximum atomic E-state index is 12.8. The molecule has 0 atom stereocenters. The van der Waals surface area contributed by atoms with Gasteiger partial charge in [-0.1, -0.05) is 12.1 Å². The molecule has 0 fully saturated rings. The van der Waals surface area contributed by atoms with Crippen LogP contribution < -0.4 is 0 Å². The van der Waals surface area contributed by atoms with Crippen molar-refractivity contribution in [2.24, 2.45) is 0 Å². The van der Waals surface area contributed by atoms with Crippen LogP contribution in [0.1, 0.15) is 5.56 Å². The average molecular weight is 268 g/mol. The normalized spacial score (nSPS) is 17.0. The summed E-state index contributed by atoms with van der Waals surface area (Å²) in [6.07, 6.45) is 1.22. The lowest BCUT2D eigenvalue weighted by Gasteiger charge is -1.98. The molecule has 6 heteroatoms. The van der Waals surface area contributed by atoms with E-state index in [1.54, 1.807) is 0 Å². The van der Waals surface area contributed by atoms with E-state index in [1.807, 2.05) is 0 Å². The highest BCUT2D eigenvalue weighted by Crippen LogP contribution is 2.29. The van der Waals surface area contributed by atoms with Gasteiger partial charge in [0.1, 0.15) is 5.82 Å². The van der Waals surface area contributed by atoms with E-state index in [4.69, 9.17) is 0 Å². The van der Waals surface area contributed by atoms with Gasteiger partial charge in [-0.15, -0.1) is 0 Å². The highest BCUT2D eigenvalue weighted by Gasteiger charge is 2.29. The Morgan fingerprint density at radius 2 is 1.83 bits per heavy atom. The van der Waals surface area contributed by atoms with Gasteiger partial charge in [0.05, 0.1) is 7.11 Å². The molecule has 0 aromatic heterocycles. The molecule has 2 rings (SSSR count). The second-order valence-electron chi connectivity index (χ2n) is 3.63. The summed E-state index contributed by atoms with van der Waals surface area (Å²) >= 11 is 0. The van der Waals surface area contributed by atoms with E-state index in [0.717, 1.165) is 12.5 Å². The molecule has 1 aromatic carbocycles. The van der Waals surface area contributed by atoms with Crippen molar-refractivity contribution in [3.63, 3.8) is 0 Å². The fourth-order valence-corrected chi connectivity index (χ4v) is 2.83. The predicted molar refractivity (Wildman–Crippen MR) is 63.4 cm³/mol. The molecular formula is C12H9FO4S. The van der Waals surface area contributed by atoms with Crippen LogP contribution in [-0.4, -0.2) is 21.5 Å². The van der Waals surface area contributed by atoms with Crippen molar-refractivity contribution < 1.29 is 22.3 Å². The van der Waals surface area contributed by atoms with Gasteiger partial charge >= 0.3 is 5.97 Å². The number of rotatable bonds is 2.